The second-order valence-electron chi connectivity index (χ2n) is 5.97. The fraction of sp³-hybridized carbons (Fsp3) is 0.105. The number of aromatic nitrogens is 1. The molecule has 0 radical (unpaired) electrons. The predicted molar refractivity (Wildman–Crippen MR) is 105 cm³/mol. The number of rotatable bonds is 4. The molecule has 9 heteroatoms. The quantitative estimate of drug-likeness (QED) is 0.578. The molecule has 0 aliphatic heterocycles. The third-order valence-corrected chi connectivity index (χ3v) is 4.75. The number of hydrogen-bond acceptors (Lipinski definition) is 4. The van der Waals surface area contributed by atoms with Gasteiger partial charge < -0.3 is 10.6 Å². The standard InChI is InChI=1S/C19H16F2N4O2S/c1-10-4-3-5-12(8-10)24-18(27)25-19-22-11(2)16(28-19)17(26)23-13-6-7-14(20)15(21)9-13/h3-9H,1-2H3,(H,23,26)(H2,22,24,25,27). The Labute approximate surface area is 163 Å². The minimum atomic E-state index is -1.06. The predicted octanol–water partition coefficient (Wildman–Crippen LogP) is 4.93. The average molecular weight is 402 g/mol. The van der Waals surface area contributed by atoms with Crippen molar-refractivity contribution in [3.05, 3.63) is 70.2 Å². The summed E-state index contributed by atoms with van der Waals surface area (Å²) in [6.45, 7) is 3.52. The van der Waals surface area contributed by atoms with Crippen LogP contribution in [0.15, 0.2) is 42.5 Å². The molecule has 3 aromatic rings. The lowest BCUT2D eigenvalue weighted by Crippen LogP contribution is -2.19. The summed E-state index contributed by atoms with van der Waals surface area (Å²) in [5.41, 5.74) is 2.14. The number of amides is 3. The lowest BCUT2D eigenvalue weighted by atomic mass is 10.2. The van der Waals surface area contributed by atoms with E-state index in [1.807, 2.05) is 25.1 Å². The number of urea groups is 1. The summed E-state index contributed by atoms with van der Waals surface area (Å²) < 4.78 is 26.3. The summed E-state index contributed by atoms with van der Waals surface area (Å²) in [7, 11) is 0. The van der Waals surface area contributed by atoms with Crippen LogP contribution in [0, 0.1) is 25.5 Å². The van der Waals surface area contributed by atoms with Crippen molar-refractivity contribution in [2.75, 3.05) is 16.0 Å². The van der Waals surface area contributed by atoms with E-state index in [2.05, 4.69) is 20.9 Å². The van der Waals surface area contributed by atoms with Gasteiger partial charge in [-0.15, -0.1) is 0 Å². The summed E-state index contributed by atoms with van der Waals surface area (Å²) in [6.07, 6.45) is 0. The van der Waals surface area contributed by atoms with Crippen molar-refractivity contribution in [1.82, 2.24) is 4.98 Å². The van der Waals surface area contributed by atoms with E-state index >= 15 is 0 Å². The van der Waals surface area contributed by atoms with Crippen molar-refractivity contribution in [2.45, 2.75) is 13.8 Å². The zero-order valence-electron chi connectivity index (χ0n) is 15.0. The van der Waals surface area contributed by atoms with Gasteiger partial charge in [0, 0.05) is 17.4 Å². The molecular weight excluding hydrogens is 386 g/mol. The number of hydrogen-bond donors (Lipinski definition) is 3. The topological polar surface area (TPSA) is 83.1 Å². The molecule has 0 unspecified atom stereocenters. The first kappa shape index (κ1) is 19.4. The van der Waals surface area contributed by atoms with Gasteiger partial charge in [0.1, 0.15) is 4.88 Å². The fourth-order valence-electron chi connectivity index (χ4n) is 2.40. The molecular formula is C19H16F2N4O2S. The van der Waals surface area contributed by atoms with Gasteiger partial charge in [-0.05, 0) is 43.7 Å². The smallest absolute Gasteiger partial charge is 0.321 e. The van der Waals surface area contributed by atoms with Gasteiger partial charge >= 0.3 is 6.03 Å². The van der Waals surface area contributed by atoms with Crippen LogP contribution < -0.4 is 16.0 Å². The largest absolute Gasteiger partial charge is 0.325 e. The molecule has 1 heterocycles. The highest BCUT2D eigenvalue weighted by Gasteiger charge is 2.17. The summed E-state index contributed by atoms with van der Waals surface area (Å²) >= 11 is 0.973. The number of anilines is 3. The van der Waals surface area contributed by atoms with Gasteiger partial charge in [0.2, 0.25) is 0 Å². The number of halogens is 2. The number of thiazole rings is 1. The van der Waals surface area contributed by atoms with Gasteiger partial charge in [0.15, 0.2) is 16.8 Å². The highest BCUT2D eigenvalue weighted by molar-refractivity contribution is 7.17. The van der Waals surface area contributed by atoms with Gasteiger partial charge in [-0.2, -0.15) is 0 Å². The molecule has 0 fully saturated rings. The summed E-state index contributed by atoms with van der Waals surface area (Å²) in [5, 5.41) is 7.96. The van der Waals surface area contributed by atoms with E-state index in [0.29, 0.717) is 11.4 Å². The molecule has 3 amide bonds. The minimum absolute atomic E-state index is 0.114. The van der Waals surface area contributed by atoms with E-state index in [9.17, 15) is 18.4 Å². The lowest BCUT2D eigenvalue weighted by molar-refractivity contribution is 0.102. The molecule has 0 aliphatic carbocycles. The number of carbonyl (C=O) groups excluding carboxylic acids is 2. The zero-order valence-corrected chi connectivity index (χ0v) is 15.8. The van der Waals surface area contributed by atoms with Crippen molar-refractivity contribution in [3.63, 3.8) is 0 Å². The van der Waals surface area contributed by atoms with E-state index in [-0.39, 0.29) is 15.7 Å². The Hall–Kier alpha value is -3.33. The first-order chi connectivity index (χ1) is 13.3. The SMILES string of the molecule is Cc1cccc(NC(=O)Nc2nc(C)c(C(=O)Nc3ccc(F)c(F)c3)s2)c1. The van der Waals surface area contributed by atoms with Crippen LogP contribution in [0.4, 0.5) is 30.1 Å². The maximum absolute atomic E-state index is 13.3. The Kier molecular flexibility index (Phi) is 5.65. The van der Waals surface area contributed by atoms with Gasteiger partial charge in [0.05, 0.1) is 5.69 Å². The lowest BCUT2D eigenvalue weighted by Gasteiger charge is -2.06. The molecule has 3 N–H and O–H groups in total. The molecule has 2 aromatic carbocycles. The molecule has 0 aliphatic rings. The van der Waals surface area contributed by atoms with Crippen molar-refractivity contribution >= 4 is 39.8 Å². The average Bonchev–Trinajstić information content (AvgIpc) is 2.98. The van der Waals surface area contributed by atoms with Crippen molar-refractivity contribution < 1.29 is 18.4 Å². The summed E-state index contributed by atoms with van der Waals surface area (Å²) in [4.78, 5) is 28.9. The number of benzene rings is 2. The number of aryl methyl sites for hydroxylation is 2. The van der Waals surface area contributed by atoms with Crippen LogP contribution in [0.3, 0.4) is 0 Å². The van der Waals surface area contributed by atoms with Crippen LogP contribution in [0.5, 0.6) is 0 Å². The highest BCUT2D eigenvalue weighted by atomic mass is 32.1. The second kappa shape index (κ2) is 8.13. The molecule has 3 rings (SSSR count). The second-order valence-corrected chi connectivity index (χ2v) is 6.96. The van der Waals surface area contributed by atoms with Crippen LogP contribution in [0.25, 0.3) is 0 Å². The van der Waals surface area contributed by atoms with Gasteiger partial charge in [0.25, 0.3) is 5.91 Å². The van der Waals surface area contributed by atoms with E-state index in [4.69, 9.17) is 0 Å². The molecule has 28 heavy (non-hydrogen) atoms. The highest BCUT2D eigenvalue weighted by Crippen LogP contribution is 2.24. The molecule has 1 aromatic heterocycles. The third-order valence-electron chi connectivity index (χ3n) is 3.68. The molecule has 0 saturated heterocycles. The van der Waals surface area contributed by atoms with E-state index in [1.165, 1.54) is 6.07 Å². The third kappa shape index (κ3) is 4.68. The Morgan fingerprint density at radius 2 is 1.68 bits per heavy atom. The summed E-state index contributed by atoms with van der Waals surface area (Å²) in [5.74, 6) is -2.60. The van der Waals surface area contributed by atoms with Crippen LogP contribution in [-0.4, -0.2) is 16.9 Å². The van der Waals surface area contributed by atoms with Gasteiger partial charge in [-0.3, -0.25) is 10.1 Å². The fourth-order valence-corrected chi connectivity index (χ4v) is 3.26. The number of carbonyl (C=O) groups is 2. The van der Waals surface area contributed by atoms with Crippen LogP contribution in [-0.2, 0) is 0 Å². The van der Waals surface area contributed by atoms with Gasteiger partial charge in [-0.25, -0.2) is 18.6 Å². The van der Waals surface area contributed by atoms with Crippen LogP contribution in [0.2, 0.25) is 0 Å². The Balaban J connectivity index is 1.67. The Bertz CT molecular complexity index is 1050. The normalized spacial score (nSPS) is 10.4. The molecule has 0 spiro atoms. The maximum atomic E-state index is 13.3. The molecule has 0 atom stereocenters. The van der Waals surface area contributed by atoms with Crippen molar-refractivity contribution in [3.8, 4) is 0 Å². The van der Waals surface area contributed by atoms with E-state index < -0.39 is 23.6 Å². The van der Waals surface area contributed by atoms with Crippen LogP contribution in [0.1, 0.15) is 20.9 Å². The van der Waals surface area contributed by atoms with E-state index in [1.54, 1.807) is 13.0 Å². The van der Waals surface area contributed by atoms with Crippen LogP contribution >= 0.6 is 11.3 Å². The Morgan fingerprint density at radius 1 is 0.929 bits per heavy atom. The molecule has 6 nitrogen and oxygen atoms in total. The minimum Gasteiger partial charge on any atom is -0.321 e. The first-order valence-corrected chi connectivity index (χ1v) is 9.02. The zero-order chi connectivity index (χ0) is 20.3. The monoisotopic (exact) mass is 402 g/mol. The molecule has 0 bridgehead atoms. The molecule has 0 saturated carbocycles. The Morgan fingerprint density at radius 3 is 2.39 bits per heavy atom. The van der Waals surface area contributed by atoms with E-state index in [0.717, 1.165) is 29.0 Å². The molecule has 144 valence electrons. The van der Waals surface area contributed by atoms with Gasteiger partial charge in [-0.1, -0.05) is 23.5 Å². The first-order valence-electron chi connectivity index (χ1n) is 8.20. The summed E-state index contributed by atoms with van der Waals surface area (Å²) in [6, 6.07) is 9.86. The van der Waals surface area contributed by atoms with Crippen molar-refractivity contribution in [1.29, 1.82) is 0 Å². The maximum Gasteiger partial charge on any atom is 0.325 e. The number of nitrogens with one attached hydrogen (secondary N) is 3. The van der Waals surface area contributed by atoms with Crippen molar-refractivity contribution in [2.24, 2.45) is 0 Å². The number of nitrogens with zero attached hydrogens (tertiary/aromatic N) is 1.